The average Bonchev–Trinajstić information content (AvgIpc) is 3.03. The van der Waals surface area contributed by atoms with Crippen molar-refractivity contribution in [2.45, 2.75) is 44.8 Å². The van der Waals surface area contributed by atoms with E-state index in [2.05, 4.69) is 94.4 Å². The Bertz CT molecular complexity index is 669. The molecule has 0 radical (unpaired) electrons. The van der Waals surface area contributed by atoms with Crippen LogP contribution in [0.15, 0.2) is 73.0 Å². The molecule has 0 spiro atoms. The molecule has 0 N–H and O–H groups in total. The number of hydrogen-bond donors (Lipinski definition) is 0. The Kier molecular flexibility index (Phi) is 4.89. The monoisotopic (exact) mass is 352 g/mol. The van der Waals surface area contributed by atoms with E-state index < -0.39 is 8.32 Å². The second kappa shape index (κ2) is 6.81. The highest BCUT2D eigenvalue weighted by Gasteiger charge is 2.51. The summed E-state index contributed by atoms with van der Waals surface area (Å²) in [5.74, 6) is 0. The SMILES string of the molecule is CC(C)(C)[Si](OC[C@@]1(C)CC=CO1)(c1ccccc1)c1ccccc1. The van der Waals surface area contributed by atoms with Crippen molar-refractivity contribution in [3.8, 4) is 0 Å². The largest absolute Gasteiger partial charge is 0.493 e. The molecular formula is C22H28O2Si. The predicted molar refractivity (Wildman–Crippen MR) is 107 cm³/mol. The fourth-order valence-corrected chi connectivity index (χ4v) is 8.35. The van der Waals surface area contributed by atoms with Crippen LogP contribution in [0.25, 0.3) is 0 Å². The van der Waals surface area contributed by atoms with Crippen LogP contribution >= 0.6 is 0 Å². The lowest BCUT2D eigenvalue weighted by molar-refractivity contribution is 0.0131. The van der Waals surface area contributed by atoms with Gasteiger partial charge in [0.15, 0.2) is 0 Å². The zero-order valence-corrected chi connectivity index (χ0v) is 16.7. The van der Waals surface area contributed by atoms with Crippen molar-refractivity contribution in [2.75, 3.05) is 6.61 Å². The lowest BCUT2D eigenvalue weighted by atomic mass is 10.1. The van der Waals surface area contributed by atoms with Gasteiger partial charge in [-0.1, -0.05) is 81.4 Å². The molecule has 132 valence electrons. The fourth-order valence-electron chi connectivity index (χ4n) is 3.67. The van der Waals surface area contributed by atoms with E-state index in [1.165, 1.54) is 10.4 Å². The maximum Gasteiger partial charge on any atom is 0.261 e. The number of benzene rings is 2. The summed E-state index contributed by atoms with van der Waals surface area (Å²) >= 11 is 0. The van der Waals surface area contributed by atoms with Gasteiger partial charge in [0.25, 0.3) is 8.32 Å². The lowest BCUT2D eigenvalue weighted by Gasteiger charge is -2.44. The highest BCUT2D eigenvalue weighted by atomic mass is 28.4. The Labute approximate surface area is 152 Å². The van der Waals surface area contributed by atoms with Crippen molar-refractivity contribution in [3.05, 3.63) is 73.0 Å². The normalized spacial score (nSPS) is 20.5. The second-order valence-electron chi connectivity index (χ2n) is 8.10. The Balaban J connectivity index is 2.09. The Morgan fingerprint density at radius 2 is 1.48 bits per heavy atom. The molecule has 1 heterocycles. The van der Waals surface area contributed by atoms with Crippen LogP contribution in [0.3, 0.4) is 0 Å². The van der Waals surface area contributed by atoms with Crippen molar-refractivity contribution in [3.63, 3.8) is 0 Å². The van der Waals surface area contributed by atoms with E-state index in [9.17, 15) is 0 Å². The smallest absolute Gasteiger partial charge is 0.261 e. The van der Waals surface area contributed by atoms with E-state index in [-0.39, 0.29) is 10.6 Å². The van der Waals surface area contributed by atoms with Crippen molar-refractivity contribution >= 4 is 18.7 Å². The van der Waals surface area contributed by atoms with E-state index in [0.717, 1.165) is 6.42 Å². The summed E-state index contributed by atoms with van der Waals surface area (Å²) in [6, 6.07) is 21.5. The van der Waals surface area contributed by atoms with Crippen LogP contribution in [-0.2, 0) is 9.16 Å². The summed E-state index contributed by atoms with van der Waals surface area (Å²) < 4.78 is 12.8. The van der Waals surface area contributed by atoms with E-state index in [1.807, 2.05) is 0 Å². The molecule has 0 saturated heterocycles. The standard InChI is InChI=1S/C22H28O2Si/c1-21(2,3)25(19-12-7-5-8-13-19,20-14-9-6-10-15-20)24-18-22(4)16-11-17-23-22/h5-15,17H,16,18H2,1-4H3/t22-/m1/s1. The fraction of sp³-hybridized carbons (Fsp3) is 0.364. The van der Waals surface area contributed by atoms with Gasteiger partial charge in [-0.15, -0.1) is 0 Å². The van der Waals surface area contributed by atoms with Crippen LogP contribution in [-0.4, -0.2) is 20.5 Å². The molecule has 1 atom stereocenters. The minimum atomic E-state index is -2.47. The summed E-state index contributed by atoms with van der Waals surface area (Å²) in [5.41, 5.74) is -0.271. The number of hydrogen-bond acceptors (Lipinski definition) is 2. The summed E-state index contributed by atoms with van der Waals surface area (Å²) in [5, 5.41) is 2.62. The molecule has 0 amide bonds. The second-order valence-corrected chi connectivity index (χ2v) is 12.4. The summed E-state index contributed by atoms with van der Waals surface area (Å²) in [4.78, 5) is 0. The molecule has 2 aromatic rings. The van der Waals surface area contributed by atoms with Gasteiger partial charge in [-0.2, -0.15) is 0 Å². The Morgan fingerprint density at radius 1 is 0.960 bits per heavy atom. The van der Waals surface area contributed by atoms with E-state index >= 15 is 0 Å². The van der Waals surface area contributed by atoms with Gasteiger partial charge >= 0.3 is 0 Å². The van der Waals surface area contributed by atoms with Crippen LogP contribution in [0.2, 0.25) is 5.04 Å². The molecule has 3 heteroatoms. The molecule has 1 aliphatic heterocycles. The zero-order valence-electron chi connectivity index (χ0n) is 15.7. The molecule has 0 saturated carbocycles. The van der Waals surface area contributed by atoms with Gasteiger partial charge in [0, 0.05) is 6.42 Å². The van der Waals surface area contributed by atoms with E-state index in [4.69, 9.17) is 9.16 Å². The molecular weight excluding hydrogens is 324 g/mol. The molecule has 0 aliphatic carbocycles. The first kappa shape index (κ1) is 18.0. The first-order valence-electron chi connectivity index (χ1n) is 8.95. The molecule has 2 nitrogen and oxygen atoms in total. The van der Waals surface area contributed by atoms with Gasteiger partial charge in [-0.25, -0.2) is 0 Å². The summed E-state index contributed by atoms with van der Waals surface area (Å²) in [6.07, 6.45) is 4.77. The summed E-state index contributed by atoms with van der Waals surface area (Å²) in [6.45, 7) is 9.62. The highest BCUT2D eigenvalue weighted by molar-refractivity contribution is 6.99. The van der Waals surface area contributed by atoms with Gasteiger partial charge in [0.05, 0.1) is 12.9 Å². The minimum absolute atomic E-state index is 0.00189. The van der Waals surface area contributed by atoms with Gasteiger partial charge in [-0.3, -0.25) is 0 Å². The van der Waals surface area contributed by atoms with E-state index in [1.54, 1.807) is 6.26 Å². The van der Waals surface area contributed by atoms with Gasteiger partial charge in [-0.05, 0) is 28.4 Å². The maximum absolute atomic E-state index is 6.93. The minimum Gasteiger partial charge on any atom is -0.493 e. The molecule has 0 unspecified atom stereocenters. The van der Waals surface area contributed by atoms with Crippen LogP contribution in [0.4, 0.5) is 0 Å². The van der Waals surface area contributed by atoms with Crippen molar-refractivity contribution in [2.24, 2.45) is 0 Å². The summed E-state index contributed by atoms with van der Waals surface area (Å²) in [7, 11) is -2.47. The molecule has 0 fully saturated rings. The Morgan fingerprint density at radius 3 is 1.88 bits per heavy atom. The first-order valence-corrected chi connectivity index (χ1v) is 10.9. The number of rotatable bonds is 5. The molecule has 3 rings (SSSR count). The molecule has 25 heavy (non-hydrogen) atoms. The maximum atomic E-state index is 6.93. The van der Waals surface area contributed by atoms with Crippen molar-refractivity contribution < 1.29 is 9.16 Å². The van der Waals surface area contributed by atoms with Gasteiger partial charge in [0.1, 0.15) is 5.60 Å². The van der Waals surface area contributed by atoms with Gasteiger partial charge in [0.2, 0.25) is 0 Å². The lowest BCUT2D eigenvalue weighted by Crippen LogP contribution is -2.67. The first-order chi connectivity index (χ1) is 11.9. The Hall–Kier alpha value is -1.84. The van der Waals surface area contributed by atoms with Crippen LogP contribution in [0.1, 0.15) is 34.1 Å². The van der Waals surface area contributed by atoms with Crippen molar-refractivity contribution in [1.29, 1.82) is 0 Å². The zero-order chi connectivity index (χ0) is 18.0. The highest BCUT2D eigenvalue weighted by Crippen LogP contribution is 2.38. The van der Waals surface area contributed by atoms with Gasteiger partial charge < -0.3 is 9.16 Å². The van der Waals surface area contributed by atoms with Crippen molar-refractivity contribution in [1.82, 2.24) is 0 Å². The average molecular weight is 353 g/mol. The molecule has 2 aromatic carbocycles. The van der Waals surface area contributed by atoms with E-state index in [0.29, 0.717) is 6.61 Å². The third kappa shape index (κ3) is 3.44. The molecule has 0 aromatic heterocycles. The predicted octanol–water partition coefficient (Wildman–Crippen LogP) is 4.26. The van der Waals surface area contributed by atoms with Crippen LogP contribution in [0, 0.1) is 0 Å². The third-order valence-electron chi connectivity index (χ3n) is 5.01. The number of ether oxygens (including phenoxy) is 1. The topological polar surface area (TPSA) is 18.5 Å². The quantitative estimate of drug-likeness (QED) is 0.749. The molecule has 1 aliphatic rings. The molecule has 0 bridgehead atoms. The van der Waals surface area contributed by atoms with Crippen LogP contribution < -0.4 is 10.4 Å². The third-order valence-corrected chi connectivity index (χ3v) is 9.99. The van der Waals surface area contributed by atoms with Crippen LogP contribution in [0.5, 0.6) is 0 Å².